The maximum atomic E-state index is 14.2. The van der Waals surface area contributed by atoms with Crippen LogP contribution in [0.1, 0.15) is 57.2 Å². The number of nitro benzene ring substituents is 1. The summed E-state index contributed by atoms with van der Waals surface area (Å²) in [6.07, 6.45) is 4.96. The quantitative estimate of drug-likeness (QED) is 0.290. The van der Waals surface area contributed by atoms with Gasteiger partial charge in [-0.3, -0.25) is 24.3 Å². The molecule has 42 heavy (non-hydrogen) atoms. The first kappa shape index (κ1) is 29.2. The van der Waals surface area contributed by atoms with Gasteiger partial charge in [-0.1, -0.05) is 29.5 Å². The number of benzene rings is 2. The summed E-state index contributed by atoms with van der Waals surface area (Å²) in [7, 11) is 1.56. The highest BCUT2D eigenvalue weighted by molar-refractivity contribution is 7.07. The molecule has 3 aromatic rings. The zero-order valence-corrected chi connectivity index (χ0v) is 25.1. The van der Waals surface area contributed by atoms with Crippen LogP contribution in [0.15, 0.2) is 63.5 Å². The van der Waals surface area contributed by atoms with Crippen molar-refractivity contribution in [3.63, 3.8) is 0 Å². The molecule has 10 nitrogen and oxygen atoms in total. The number of likely N-dealkylation sites (N-methyl/N-ethyl adjacent to an activating group) is 1. The molecule has 1 fully saturated rings. The molecule has 5 rings (SSSR count). The Balaban J connectivity index is 1.75. The van der Waals surface area contributed by atoms with E-state index in [0.717, 1.165) is 38.0 Å². The molecule has 11 heteroatoms. The molecule has 3 heterocycles. The highest BCUT2D eigenvalue weighted by Gasteiger charge is 2.35. The summed E-state index contributed by atoms with van der Waals surface area (Å²) in [5.74, 6) is 0.375. The van der Waals surface area contributed by atoms with Gasteiger partial charge in [0.05, 0.1) is 27.8 Å². The van der Waals surface area contributed by atoms with Crippen LogP contribution in [0.3, 0.4) is 0 Å². The van der Waals surface area contributed by atoms with Gasteiger partial charge in [-0.2, -0.15) is 0 Å². The number of nitro groups is 1. The lowest BCUT2D eigenvalue weighted by molar-refractivity contribution is -0.384. The van der Waals surface area contributed by atoms with Crippen LogP contribution in [0, 0.1) is 10.1 Å². The van der Waals surface area contributed by atoms with Gasteiger partial charge in [-0.05, 0) is 58.2 Å². The number of aromatic nitrogens is 1. The van der Waals surface area contributed by atoms with Crippen molar-refractivity contribution in [1.29, 1.82) is 0 Å². The van der Waals surface area contributed by atoms with E-state index >= 15 is 0 Å². The second kappa shape index (κ2) is 12.3. The normalized spacial score (nSPS) is 17.1. The van der Waals surface area contributed by atoms with E-state index < -0.39 is 11.0 Å². The third kappa shape index (κ3) is 5.36. The fourth-order valence-electron chi connectivity index (χ4n) is 5.80. The zero-order chi connectivity index (χ0) is 30.0. The largest absolute Gasteiger partial charge is 0.496 e. The first-order chi connectivity index (χ1) is 20.3. The Labute approximate surface area is 248 Å². The van der Waals surface area contributed by atoms with Gasteiger partial charge in [0.1, 0.15) is 11.8 Å². The second-order valence-corrected chi connectivity index (χ2v) is 11.4. The molecule has 0 bridgehead atoms. The number of allylic oxidation sites excluding steroid dienone is 1. The summed E-state index contributed by atoms with van der Waals surface area (Å²) >= 11 is 1.22. The highest BCUT2D eigenvalue weighted by atomic mass is 32.1. The fourth-order valence-corrected chi connectivity index (χ4v) is 6.84. The van der Waals surface area contributed by atoms with Crippen LogP contribution in [0.5, 0.6) is 5.75 Å². The van der Waals surface area contributed by atoms with Crippen LogP contribution in [-0.2, 0) is 4.79 Å². The molecule has 0 unspecified atom stereocenters. The number of para-hydroxylation sites is 1. The number of carbonyl (C=O) groups excluding carboxylic acids is 1. The topological polar surface area (TPSA) is 110 Å². The van der Waals surface area contributed by atoms with Gasteiger partial charge in [-0.25, -0.2) is 4.99 Å². The monoisotopic (exact) mass is 589 g/mol. The molecular weight excluding hydrogens is 554 g/mol. The Kier molecular flexibility index (Phi) is 8.58. The Morgan fingerprint density at radius 3 is 2.55 bits per heavy atom. The number of methoxy groups -OCH3 is 1. The summed E-state index contributed by atoms with van der Waals surface area (Å²) in [6, 6.07) is 11.4. The molecule has 2 aliphatic heterocycles. The fraction of sp³-hybridized carbons (Fsp3) is 0.387. The summed E-state index contributed by atoms with van der Waals surface area (Å²) in [5, 5.41) is 11.7. The molecule has 2 aromatic carbocycles. The number of piperidine rings is 1. The van der Waals surface area contributed by atoms with Gasteiger partial charge in [0.15, 0.2) is 4.80 Å². The summed E-state index contributed by atoms with van der Waals surface area (Å²) < 4.78 is 7.63. The van der Waals surface area contributed by atoms with Crippen molar-refractivity contribution < 1.29 is 14.5 Å². The summed E-state index contributed by atoms with van der Waals surface area (Å²) in [5.41, 5.74) is 2.77. The molecule has 1 atom stereocenters. The number of nitrogens with zero attached hydrogens (tertiary/aromatic N) is 5. The SMILES string of the molecule is CCN(CC)C(=O)C1=C(C)N=c2s/c(=C\c3cc([N+](=O)[O-])ccc3N3CCCCC3)c(=O)n2[C@@H]1c1ccccc1OC. The number of ether oxygens (including phenoxy) is 1. The van der Waals surface area contributed by atoms with Gasteiger partial charge >= 0.3 is 0 Å². The number of anilines is 1. The molecule has 0 N–H and O–H groups in total. The standard InChI is InChI=1S/C31H35N5O5S/c1-5-33(6-2)30(38)27-20(3)32-31-35(28(27)23-12-8-9-13-25(23)41-4)29(37)26(42-31)19-21-18-22(36(39)40)14-15-24(21)34-16-10-7-11-17-34/h8-9,12-15,18-19,28H,5-7,10-11,16-17H2,1-4H3/b26-19-/t28-/m1/s1. The number of rotatable bonds is 8. The number of fused-ring (bicyclic) bond motifs is 1. The van der Waals surface area contributed by atoms with Gasteiger partial charge < -0.3 is 14.5 Å². The van der Waals surface area contributed by atoms with Crippen LogP contribution < -0.4 is 24.5 Å². The lowest BCUT2D eigenvalue weighted by atomic mass is 9.94. The van der Waals surface area contributed by atoms with Crippen molar-refractivity contribution >= 4 is 34.7 Å². The number of hydrogen-bond acceptors (Lipinski definition) is 8. The molecule has 220 valence electrons. The zero-order valence-electron chi connectivity index (χ0n) is 24.3. The van der Waals surface area contributed by atoms with E-state index in [1.807, 2.05) is 38.1 Å². The van der Waals surface area contributed by atoms with Crippen LogP contribution in [0.4, 0.5) is 11.4 Å². The lowest BCUT2D eigenvalue weighted by Gasteiger charge is -2.30. The van der Waals surface area contributed by atoms with Gasteiger partial charge in [0.25, 0.3) is 17.2 Å². The van der Waals surface area contributed by atoms with Crippen LogP contribution in [0.25, 0.3) is 6.08 Å². The van der Waals surface area contributed by atoms with Gasteiger partial charge in [0, 0.05) is 55.1 Å². The molecular formula is C31H35N5O5S. The molecule has 0 saturated carbocycles. The van der Waals surface area contributed by atoms with E-state index in [9.17, 15) is 19.7 Å². The smallest absolute Gasteiger partial charge is 0.271 e. The Morgan fingerprint density at radius 2 is 1.88 bits per heavy atom. The van der Waals surface area contributed by atoms with E-state index in [4.69, 9.17) is 9.73 Å². The molecule has 0 spiro atoms. The van der Waals surface area contributed by atoms with E-state index in [2.05, 4.69) is 4.90 Å². The van der Waals surface area contributed by atoms with Crippen LogP contribution in [0.2, 0.25) is 0 Å². The average Bonchev–Trinajstić information content (AvgIpc) is 3.31. The van der Waals surface area contributed by atoms with Crippen molar-refractivity contribution in [1.82, 2.24) is 9.47 Å². The summed E-state index contributed by atoms with van der Waals surface area (Å²) in [6.45, 7) is 8.37. The van der Waals surface area contributed by atoms with Crippen molar-refractivity contribution in [2.45, 2.75) is 46.1 Å². The van der Waals surface area contributed by atoms with E-state index in [1.54, 1.807) is 35.6 Å². The molecule has 1 aromatic heterocycles. The van der Waals surface area contributed by atoms with Crippen molar-refractivity contribution in [3.05, 3.63) is 94.7 Å². The van der Waals surface area contributed by atoms with E-state index in [-0.39, 0.29) is 17.2 Å². The number of hydrogen-bond donors (Lipinski definition) is 0. The average molecular weight is 590 g/mol. The number of carbonyl (C=O) groups is 1. The first-order valence-corrected chi connectivity index (χ1v) is 15.1. The van der Waals surface area contributed by atoms with Crippen molar-refractivity contribution in [3.8, 4) is 5.75 Å². The predicted molar refractivity (Wildman–Crippen MR) is 164 cm³/mol. The Hall–Kier alpha value is -4.25. The van der Waals surface area contributed by atoms with E-state index in [1.165, 1.54) is 23.5 Å². The molecule has 0 aliphatic carbocycles. The minimum absolute atomic E-state index is 0.0374. The van der Waals surface area contributed by atoms with Gasteiger partial charge in [-0.15, -0.1) is 0 Å². The maximum Gasteiger partial charge on any atom is 0.271 e. The Morgan fingerprint density at radius 1 is 1.17 bits per heavy atom. The van der Waals surface area contributed by atoms with Crippen molar-refractivity contribution in [2.75, 3.05) is 38.2 Å². The lowest BCUT2D eigenvalue weighted by Crippen LogP contribution is -2.43. The molecule has 1 amide bonds. The maximum absolute atomic E-state index is 14.2. The minimum Gasteiger partial charge on any atom is -0.496 e. The van der Waals surface area contributed by atoms with Gasteiger partial charge in [0.2, 0.25) is 0 Å². The first-order valence-electron chi connectivity index (χ1n) is 14.3. The number of amides is 1. The van der Waals surface area contributed by atoms with Crippen LogP contribution >= 0.6 is 11.3 Å². The third-order valence-electron chi connectivity index (χ3n) is 7.94. The Bertz CT molecular complexity index is 1730. The predicted octanol–water partition coefficient (Wildman–Crippen LogP) is 4.01. The number of thiazole rings is 1. The molecule has 2 aliphatic rings. The molecule has 1 saturated heterocycles. The second-order valence-electron chi connectivity index (χ2n) is 10.3. The van der Waals surface area contributed by atoms with Crippen molar-refractivity contribution in [2.24, 2.45) is 4.99 Å². The summed E-state index contributed by atoms with van der Waals surface area (Å²) in [4.78, 5) is 48.5. The van der Waals surface area contributed by atoms with Crippen LogP contribution in [-0.4, -0.2) is 53.6 Å². The highest BCUT2D eigenvalue weighted by Crippen LogP contribution is 2.36. The van der Waals surface area contributed by atoms with E-state index in [0.29, 0.717) is 50.6 Å². The molecule has 0 radical (unpaired) electrons. The minimum atomic E-state index is -0.751. The third-order valence-corrected chi connectivity index (χ3v) is 8.92. The number of non-ortho nitro benzene ring substituents is 1.